The predicted molar refractivity (Wildman–Crippen MR) is 66.6 cm³/mol. The maximum absolute atomic E-state index is 11.1. The number of nitrogens with two attached hydrogens (primary N) is 1. The van der Waals surface area contributed by atoms with Gasteiger partial charge in [0.15, 0.2) is 18.5 Å². The fourth-order valence-electron chi connectivity index (χ4n) is 1.97. The zero-order valence-electron chi connectivity index (χ0n) is 12.0. The molecule has 0 radical (unpaired) electrons. The van der Waals surface area contributed by atoms with Crippen molar-refractivity contribution in [2.45, 2.75) is 51.4 Å². The molecule has 0 aromatic rings. The molecule has 9 nitrogen and oxygen atoms in total. The summed E-state index contributed by atoms with van der Waals surface area (Å²) < 4.78 is 19.8. The largest absolute Gasteiger partial charge is 0.463 e. The number of carbonyl (C=O) groups excluding carboxylic acids is 3. The van der Waals surface area contributed by atoms with Crippen molar-refractivity contribution in [2.24, 2.45) is 5.73 Å². The first-order valence-corrected chi connectivity index (χ1v) is 6.29. The van der Waals surface area contributed by atoms with Crippen LogP contribution in [0.2, 0.25) is 0 Å². The first kappa shape index (κ1) is 17.3. The Kier molecular flexibility index (Phi) is 6.06. The molecule has 1 aliphatic heterocycles. The molecule has 1 aliphatic rings. The summed E-state index contributed by atoms with van der Waals surface area (Å²) in [5.41, 5.74) is 5.87. The van der Waals surface area contributed by atoms with Gasteiger partial charge in [-0.1, -0.05) is 0 Å². The summed E-state index contributed by atoms with van der Waals surface area (Å²) >= 11 is 0. The van der Waals surface area contributed by atoms with Gasteiger partial charge in [0, 0.05) is 20.8 Å². The highest BCUT2D eigenvalue weighted by molar-refractivity contribution is 5.67. The molecule has 0 spiro atoms. The van der Waals surface area contributed by atoms with Gasteiger partial charge in [0.25, 0.3) is 0 Å². The number of hydrogen-bond donors (Lipinski definition) is 2. The minimum atomic E-state index is -1.52. The number of rotatable bonds is 4. The van der Waals surface area contributed by atoms with E-state index in [0.717, 1.165) is 6.92 Å². The molecule has 1 fully saturated rings. The zero-order valence-corrected chi connectivity index (χ0v) is 12.0. The lowest BCUT2D eigenvalue weighted by atomic mass is 9.96. The average molecular weight is 305 g/mol. The molecule has 1 rings (SSSR count). The second-order valence-electron chi connectivity index (χ2n) is 4.59. The highest BCUT2D eigenvalue weighted by Gasteiger charge is 2.47. The van der Waals surface area contributed by atoms with Gasteiger partial charge in [0.2, 0.25) is 0 Å². The Morgan fingerprint density at radius 1 is 1.05 bits per heavy atom. The molecule has 9 heteroatoms. The molecule has 1 heterocycles. The summed E-state index contributed by atoms with van der Waals surface area (Å²) in [5, 5.41) is 9.82. The number of aliphatic hydroxyl groups is 1. The fourth-order valence-corrected chi connectivity index (χ4v) is 1.97. The van der Waals surface area contributed by atoms with Crippen LogP contribution in [0.1, 0.15) is 20.8 Å². The van der Waals surface area contributed by atoms with Crippen LogP contribution < -0.4 is 5.73 Å². The Bertz CT molecular complexity index is 410. The van der Waals surface area contributed by atoms with E-state index in [4.69, 9.17) is 24.7 Å². The van der Waals surface area contributed by atoms with Gasteiger partial charge < -0.3 is 29.8 Å². The number of carbonyl (C=O) groups is 3. The third-order valence-electron chi connectivity index (χ3n) is 2.78. The second-order valence-corrected chi connectivity index (χ2v) is 4.59. The number of esters is 3. The Labute approximate surface area is 121 Å². The first-order valence-electron chi connectivity index (χ1n) is 6.29. The van der Waals surface area contributed by atoms with Gasteiger partial charge in [0.1, 0.15) is 12.7 Å². The molecule has 21 heavy (non-hydrogen) atoms. The lowest BCUT2D eigenvalue weighted by Gasteiger charge is -2.41. The quantitative estimate of drug-likeness (QED) is 0.468. The molecule has 0 saturated carbocycles. The van der Waals surface area contributed by atoms with Gasteiger partial charge in [-0.05, 0) is 0 Å². The molecular weight excluding hydrogens is 286 g/mol. The Morgan fingerprint density at radius 2 is 1.57 bits per heavy atom. The van der Waals surface area contributed by atoms with Gasteiger partial charge in [0.05, 0.1) is 6.04 Å². The highest BCUT2D eigenvalue weighted by atomic mass is 16.7. The molecule has 120 valence electrons. The third kappa shape index (κ3) is 4.96. The fraction of sp³-hybridized carbons (Fsp3) is 0.750. The number of ether oxygens (including phenoxy) is 4. The minimum absolute atomic E-state index is 0.259. The van der Waals surface area contributed by atoms with Crippen LogP contribution in [0.4, 0.5) is 0 Å². The van der Waals surface area contributed by atoms with Crippen molar-refractivity contribution in [3.63, 3.8) is 0 Å². The van der Waals surface area contributed by atoms with E-state index < -0.39 is 48.6 Å². The summed E-state index contributed by atoms with van der Waals surface area (Å²) in [6.07, 6.45) is -4.71. The van der Waals surface area contributed by atoms with Crippen molar-refractivity contribution in [1.82, 2.24) is 0 Å². The van der Waals surface area contributed by atoms with Crippen LogP contribution in [-0.2, 0) is 33.3 Å². The molecule has 5 atom stereocenters. The van der Waals surface area contributed by atoms with E-state index in [-0.39, 0.29) is 6.61 Å². The Hall–Kier alpha value is -1.71. The molecule has 0 bridgehead atoms. The van der Waals surface area contributed by atoms with Crippen LogP contribution in [0.5, 0.6) is 0 Å². The van der Waals surface area contributed by atoms with Crippen molar-refractivity contribution < 1.29 is 38.4 Å². The molecule has 0 aromatic carbocycles. The van der Waals surface area contributed by atoms with E-state index in [2.05, 4.69) is 0 Å². The van der Waals surface area contributed by atoms with Gasteiger partial charge in [-0.15, -0.1) is 0 Å². The van der Waals surface area contributed by atoms with E-state index in [0.29, 0.717) is 0 Å². The van der Waals surface area contributed by atoms with Gasteiger partial charge in [-0.25, -0.2) is 0 Å². The van der Waals surface area contributed by atoms with Crippen LogP contribution in [0.25, 0.3) is 0 Å². The van der Waals surface area contributed by atoms with Crippen LogP contribution in [0, 0.1) is 0 Å². The SMILES string of the molecule is CC(=O)OCC1O[C@@H](O)C(OC(C)=O)[C@H](N)[C@@H]1OC(C)=O. The molecule has 2 unspecified atom stereocenters. The van der Waals surface area contributed by atoms with Gasteiger partial charge in [-0.3, -0.25) is 14.4 Å². The van der Waals surface area contributed by atoms with Crippen LogP contribution in [0.15, 0.2) is 0 Å². The topological polar surface area (TPSA) is 134 Å². The summed E-state index contributed by atoms with van der Waals surface area (Å²) in [4.78, 5) is 33.0. The summed E-state index contributed by atoms with van der Waals surface area (Å²) in [5.74, 6) is -1.87. The van der Waals surface area contributed by atoms with Crippen LogP contribution in [-0.4, -0.2) is 60.3 Å². The predicted octanol–water partition coefficient (Wildman–Crippen LogP) is -1.54. The summed E-state index contributed by atoms with van der Waals surface area (Å²) in [7, 11) is 0. The average Bonchev–Trinajstić information content (AvgIpc) is 2.35. The number of hydrogen-bond acceptors (Lipinski definition) is 9. The standard InChI is InChI=1S/C12H19NO8/c1-5(14)18-4-8-10(19-6(2)15)9(13)11(12(17)21-8)20-7(3)16/h8-12,17H,4,13H2,1-3H3/t8?,9-,10-,11?,12-/m1/s1. The Morgan fingerprint density at radius 3 is 2.05 bits per heavy atom. The summed E-state index contributed by atoms with van der Waals surface area (Å²) in [6, 6.07) is -1.03. The maximum Gasteiger partial charge on any atom is 0.303 e. The van der Waals surface area contributed by atoms with E-state index in [1.165, 1.54) is 13.8 Å². The van der Waals surface area contributed by atoms with E-state index in [1.54, 1.807) is 0 Å². The highest BCUT2D eigenvalue weighted by Crippen LogP contribution is 2.24. The lowest BCUT2D eigenvalue weighted by Crippen LogP contribution is -2.64. The van der Waals surface area contributed by atoms with E-state index in [9.17, 15) is 19.5 Å². The van der Waals surface area contributed by atoms with Crippen molar-refractivity contribution in [3.8, 4) is 0 Å². The smallest absolute Gasteiger partial charge is 0.303 e. The molecular formula is C12H19NO8. The molecule has 0 aromatic heterocycles. The first-order chi connectivity index (χ1) is 9.72. The van der Waals surface area contributed by atoms with Crippen molar-refractivity contribution in [2.75, 3.05) is 6.61 Å². The minimum Gasteiger partial charge on any atom is -0.463 e. The monoisotopic (exact) mass is 305 g/mol. The Balaban J connectivity index is 2.86. The van der Waals surface area contributed by atoms with Crippen molar-refractivity contribution in [3.05, 3.63) is 0 Å². The number of aliphatic hydroxyl groups excluding tert-OH is 1. The maximum atomic E-state index is 11.1. The lowest BCUT2D eigenvalue weighted by molar-refractivity contribution is -0.268. The normalized spacial score (nSPS) is 32.1. The van der Waals surface area contributed by atoms with Crippen LogP contribution in [0.3, 0.4) is 0 Å². The zero-order chi connectivity index (χ0) is 16.2. The van der Waals surface area contributed by atoms with Crippen molar-refractivity contribution in [1.29, 1.82) is 0 Å². The van der Waals surface area contributed by atoms with E-state index in [1.807, 2.05) is 0 Å². The van der Waals surface area contributed by atoms with Crippen LogP contribution >= 0.6 is 0 Å². The van der Waals surface area contributed by atoms with Gasteiger partial charge in [-0.2, -0.15) is 0 Å². The molecule has 0 aliphatic carbocycles. The molecule has 3 N–H and O–H groups in total. The molecule has 1 saturated heterocycles. The second kappa shape index (κ2) is 7.34. The van der Waals surface area contributed by atoms with Gasteiger partial charge >= 0.3 is 17.9 Å². The molecule has 0 amide bonds. The third-order valence-corrected chi connectivity index (χ3v) is 2.78. The van der Waals surface area contributed by atoms with Crippen molar-refractivity contribution >= 4 is 17.9 Å². The van der Waals surface area contributed by atoms with E-state index >= 15 is 0 Å². The summed E-state index contributed by atoms with van der Waals surface area (Å²) in [6.45, 7) is 3.25.